The van der Waals surface area contributed by atoms with Crippen molar-refractivity contribution >= 4 is 23.3 Å². The van der Waals surface area contributed by atoms with Gasteiger partial charge in [-0.3, -0.25) is 0 Å². The molecule has 0 aliphatic heterocycles. The van der Waals surface area contributed by atoms with E-state index in [-0.39, 0.29) is 0 Å². The Labute approximate surface area is 145 Å². The molecule has 0 bridgehead atoms. The first kappa shape index (κ1) is 19.7. The average Bonchev–Trinajstić information content (AvgIpc) is 2.53. The van der Waals surface area contributed by atoms with Gasteiger partial charge in [-0.1, -0.05) is 19.3 Å². The Morgan fingerprint density at radius 3 is 2.61 bits per heavy atom. The van der Waals surface area contributed by atoms with E-state index in [1.165, 1.54) is 41.8 Å². The number of nitrogens with two attached hydrogens (primary N) is 1. The van der Waals surface area contributed by atoms with Crippen LogP contribution < -0.4 is 21.1 Å². The third-order valence-electron chi connectivity index (χ3n) is 3.61. The first-order valence-corrected chi connectivity index (χ1v) is 9.30. The van der Waals surface area contributed by atoms with Gasteiger partial charge in [0.05, 0.1) is 0 Å². The Balaban J connectivity index is 2.31. The number of hydrogen-bond acceptors (Lipinski definition) is 5. The predicted molar refractivity (Wildman–Crippen MR) is 106 cm³/mol. The minimum atomic E-state index is 0.820. The van der Waals surface area contributed by atoms with Gasteiger partial charge in [-0.05, 0) is 68.9 Å². The highest BCUT2D eigenvalue weighted by Crippen LogP contribution is 2.24. The minimum Gasteiger partial charge on any atom is -0.393 e. The molecule has 1 rings (SSSR count). The summed E-state index contributed by atoms with van der Waals surface area (Å²) >= 11 is 1.62. The van der Waals surface area contributed by atoms with Crippen molar-refractivity contribution < 1.29 is 0 Å². The molecule has 0 atom stereocenters. The Morgan fingerprint density at radius 2 is 1.91 bits per heavy atom. The maximum Gasteiger partial charge on any atom is 0.0473 e. The van der Waals surface area contributed by atoms with Gasteiger partial charge in [-0.15, -0.1) is 0 Å². The third-order valence-corrected chi connectivity index (χ3v) is 4.37. The van der Waals surface area contributed by atoms with Crippen LogP contribution in [-0.4, -0.2) is 20.1 Å². The molecule has 0 amide bonds. The molecule has 0 radical (unpaired) electrons. The lowest BCUT2D eigenvalue weighted by Crippen LogP contribution is -2.03. The Bertz CT molecular complexity index is 474. The fourth-order valence-corrected chi connectivity index (χ4v) is 2.97. The number of aryl methyl sites for hydroxylation is 1. The van der Waals surface area contributed by atoms with E-state index in [2.05, 4.69) is 47.4 Å². The van der Waals surface area contributed by atoms with E-state index in [0.717, 1.165) is 25.2 Å². The van der Waals surface area contributed by atoms with Crippen LogP contribution >= 0.6 is 11.9 Å². The molecule has 0 aromatic heterocycles. The maximum absolute atomic E-state index is 5.50. The predicted octanol–water partition coefficient (Wildman–Crippen LogP) is 4.46. The van der Waals surface area contributed by atoms with Gasteiger partial charge in [0.25, 0.3) is 0 Å². The normalized spacial score (nSPS) is 11.4. The fourth-order valence-electron chi connectivity index (χ4n) is 2.29. The highest BCUT2D eigenvalue weighted by Gasteiger charge is 2.01. The van der Waals surface area contributed by atoms with Crippen LogP contribution in [0.25, 0.3) is 0 Å². The molecule has 23 heavy (non-hydrogen) atoms. The number of unbranched alkanes of at least 4 members (excludes halogenated alkanes) is 4. The highest BCUT2D eigenvalue weighted by molar-refractivity contribution is 8.04. The van der Waals surface area contributed by atoms with Crippen molar-refractivity contribution in [2.45, 2.75) is 46.0 Å². The zero-order valence-electron chi connectivity index (χ0n) is 14.7. The summed E-state index contributed by atoms with van der Waals surface area (Å²) in [5.41, 5.74) is 9.11. The molecule has 5 N–H and O–H groups in total. The van der Waals surface area contributed by atoms with E-state index in [1.54, 1.807) is 11.9 Å². The van der Waals surface area contributed by atoms with Crippen molar-refractivity contribution in [1.29, 1.82) is 0 Å². The SMILES string of the molecule is CN/C=C(/C)SNc1ccc(NCCCCCCCN)cc1C. The van der Waals surface area contributed by atoms with E-state index in [4.69, 9.17) is 5.73 Å². The van der Waals surface area contributed by atoms with Gasteiger partial charge in [0.2, 0.25) is 0 Å². The third kappa shape index (κ3) is 8.77. The summed E-state index contributed by atoms with van der Waals surface area (Å²) in [5, 5.41) is 6.54. The molecule has 0 fully saturated rings. The topological polar surface area (TPSA) is 62.1 Å². The van der Waals surface area contributed by atoms with Crippen LogP contribution in [0.4, 0.5) is 11.4 Å². The van der Waals surface area contributed by atoms with Crippen molar-refractivity contribution in [3.05, 3.63) is 34.9 Å². The summed E-state index contributed by atoms with van der Waals surface area (Å²) in [6.45, 7) is 6.07. The van der Waals surface area contributed by atoms with Crippen molar-refractivity contribution in [1.82, 2.24) is 5.32 Å². The standard InChI is InChI=1S/C18H32N4S/c1-15-13-17(21-12-8-6-4-5-7-11-19)9-10-18(15)22-23-16(2)14-20-3/h9-10,13-14,20-22H,4-8,11-12,19H2,1-3H3/b16-14-. The largest absolute Gasteiger partial charge is 0.393 e. The second-order valence-corrected chi connectivity index (χ2v) is 6.81. The van der Waals surface area contributed by atoms with Gasteiger partial charge in [-0.2, -0.15) is 0 Å². The second-order valence-electron chi connectivity index (χ2n) is 5.76. The van der Waals surface area contributed by atoms with Crippen LogP contribution in [0.15, 0.2) is 29.3 Å². The van der Waals surface area contributed by atoms with Crippen LogP contribution in [0.2, 0.25) is 0 Å². The summed E-state index contributed by atoms with van der Waals surface area (Å²) in [5.74, 6) is 0. The minimum absolute atomic E-state index is 0.820. The lowest BCUT2D eigenvalue weighted by atomic mass is 10.1. The number of rotatable bonds is 12. The zero-order valence-corrected chi connectivity index (χ0v) is 15.6. The van der Waals surface area contributed by atoms with Gasteiger partial charge in [0, 0.05) is 36.1 Å². The molecule has 0 unspecified atom stereocenters. The second kappa shape index (κ2) is 12.1. The smallest absolute Gasteiger partial charge is 0.0473 e. The Morgan fingerprint density at radius 1 is 1.17 bits per heavy atom. The molecule has 0 aliphatic carbocycles. The van der Waals surface area contributed by atoms with Crippen LogP contribution in [-0.2, 0) is 0 Å². The van der Waals surface area contributed by atoms with E-state index in [1.807, 2.05) is 13.2 Å². The van der Waals surface area contributed by atoms with E-state index in [9.17, 15) is 0 Å². The van der Waals surface area contributed by atoms with Crippen molar-refractivity contribution in [3.63, 3.8) is 0 Å². The first-order chi connectivity index (χ1) is 11.2. The van der Waals surface area contributed by atoms with Crippen LogP contribution in [0.5, 0.6) is 0 Å². The lowest BCUT2D eigenvalue weighted by Gasteiger charge is -2.12. The Hall–Kier alpha value is -1.33. The Kier molecular flexibility index (Phi) is 10.4. The molecular weight excluding hydrogens is 304 g/mol. The summed E-state index contributed by atoms with van der Waals surface area (Å²) < 4.78 is 3.39. The van der Waals surface area contributed by atoms with Gasteiger partial charge in [0.1, 0.15) is 0 Å². The summed E-state index contributed by atoms with van der Waals surface area (Å²) in [6, 6.07) is 6.48. The van der Waals surface area contributed by atoms with Gasteiger partial charge in [0.15, 0.2) is 0 Å². The summed E-state index contributed by atoms with van der Waals surface area (Å²) in [6.07, 6.45) is 8.18. The van der Waals surface area contributed by atoms with E-state index in [0.29, 0.717) is 0 Å². The van der Waals surface area contributed by atoms with Crippen molar-refractivity contribution in [3.8, 4) is 0 Å². The molecule has 0 spiro atoms. The average molecular weight is 337 g/mol. The molecule has 0 heterocycles. The van der Waals surface area contributed by atoms with Crippen molar-refractivity contribution in [2.75, 3.05) is 30.2 Å². The lowest BCUT2D eigenvalue weighted by molar-refractivity contribution is 0.629. The molecule has 130 valence electrons. The van der Waals surface area contributed by atoms with Crippen LogP contribution in [0.3, 0.4) is 0 Å². The summed E-state index contributed by atoms with van der Waals surface area (Å²) in [7, 11) is 1.91. The number of nitrogens with one attached hydrogen (secondary N) is 3. The number of allylic oxidation sites excluding steroid dienone is 1. The summed E-state index contributed by atoms with van der Waals surface area (Å²) in [4.78, 5) is 1.20. The molecule has 5 heteroatoms. The molecule has 0 saturated heterocycles. The molecule has 1 aromatic carbocycles. The molecule has 1 aromatic rings. The molecular formula is C18H32N4S. The van der Waals surface area contributed by atoms with E-state index < -0.39 is 0 Å². The van der Waals surface area contributed by atoms with Crippen molar-refractivity contribution in [2.24, 2.45) is 5.73 Å². The quantitative estimate of drug-likeness (QED) is 0.335. The number of anilines is 2. The van der Waals surface area contributed by atoms with Crippen LogP contribution in [0.1, 0.15) is 44.6 Å². The monoisotopic (exact) mass is 336 g/mol. The molecule has 4 nitrogen and oxygen atoms in total. The van der Waals surface area contributed by atoms with E-state index >= 15 is 0 Å². The number of hydrogen-bond donors (Lipinski definition) is 4. The highest BCUT2D eigenvalue weighted by atomic mass is 32.2. The van der Waals surface area contributed by atoms with Gasteiger partial charge >= 0.3 is 0 Å². The van der Waals surface area contributed by atoms with Gasteiger partial charge in [-0.25, -0.2) is 0 Å². The zero-order chi connectivity index (χ0) is 16.9. The fraction of sp³-hybridized carbons (Fsp3) is 0.556. The maximum atomic E-state index is 5.50. The van der Waals surface area contributed by atoms with Crippen LogP contribution in [0, 0.1) is 6.92 Å². The molecule has 0 aliphatic rings. The first-order valence-electron chi connectivity index (χ1n) is 8.49. The van der Waals surface area contributed by atoms with Gasteiger partial charge < -0.3 is 21.1 Å². The number of benzene rings is 1. The molecule has 0 saturated carbocycles.